The Balaban J connectivity index is 1.67. The molecule has 1 aromatic carbocycles. The average molecular weight is 517 g/mol. The molecule has 0 aliphatic carbocycles. The van der Waals surface area contributed by atoms with Crippen LogP contribution in [0.3, 0.4) is 0 Å². The Kier molecular flexibility index (Phi) is 6.53. The lowest BCUT2D eigenvalue weighted by atomic mass is 9.88. The first kappa shape index (κ1) is 24.7. The average Bonchev–Trinajstić information content (AvgIpc) is 3.66. The third-order valence-electron chi connectivity index (χ3n) is 6.35. The quantitative estimate of drug-likeness (QED) is 0.313. The highest BCUT2D eigenvalue weighted by Gasteiger charge is 2.39. The number of aryl methyl sites for hydroxylation is 3. The van der Waals surface area contributed by atoms with Crippen LogP contribution in [0.15, 0.2) is 60.9 Å². The number of pyridine rings is 1. The number of thiophene rings is 1. The van der Waals surface area contributed by atoms with E-state index in [-0.39, 0.29) is 17.4 Å². The zero-order valence-corrected chi connectivity index (χ0v) is 21.9. The second-order valence-electron chi connectivity index (χ2n) is 8.59. The monoisotopic (exact) mass is 516 g/mol. The van der Waals surface area contributed by atoms with Crippen LogP contribution in [0.25, 0.3) is 11.0 Å². The topological polar surface area (TPSA) is 107 Å². The van der Waals surface area contributed by atoms with Crippen LogP contribution in [0.4, 0.5) is 5.95 Å². The minimum absolute atomic E-state index is 0.176. The lowest BCUT2D eigenvalue weighted by Gasteiger charge is -2.29. The second-order valence-corrected chi connectivity index (χ2v) is 9.88. The molecule has 1 unspecified atom stereocenters. The van der Waals surface area contributed by atoms with Gasteiger partial charge < -0.3 is 14.4 Å². The Bertz CT molecular complexity index is 1570. The normalized spacial score (nSPS) is 13.0. The molecule has 1 atom stereocenters. The summed E-state index contributed by atoms with van der Waals surface area (Å²) in [6.45, 7) is 7.15. The smallest absolute Gasteiger partial charge is 0.263 e. The maximum atomic E-state index is 13.2. The molecular formula is C27H28N6O3S. The lowest BCUT2D eigenvalue weighted by molar-refractivity contribution is 0.102. The van der Waals surface area contributed by atoms with Gasteiger partial charge >= 0.3 is 0 Å². The summed E-state index contributed by atoms with van der Waals surface area (Å²) >= 11 is 1.55. The van der Waals surface area contributed by atoms with Crippen LogP contribution in [0.1, 0.15) is 45.2 Å². The zero-order valence-electron chi connectivity index (χ0n) is 21.1. The fraction of sp³-hybridized carbons (Fsp3) is 0.259. The van der Waals surface area contributed by atoms with Crippen molar-refractivity contribution in [1.82, 2.24) is 24.3 Å². The number of rotatable bonds is 8. The van der Waals surface area contributed by atoms with Crippen molar-refractivity contribution in [1.29, 1.82) is 0 Å². The maximum Gasteiger partial charge on any atom is 0.263 e. The molecule has 0 bridgehead atoms. The van der Waals surface area contributed by atoms with Crippen LogP contribution in [0.2, 0.25) is 0 Å². The highest BCUT2D eigenvalue weighted by Crippen LogP contribution is 2.42. The van der Waals surface area contributed by atoms with Crippen LogP contribution >= 0.6 is 11.3 Å². The van der Waals surface area contributed by atoms with Crippen molar-refractivity contribution in [3.63, 3.8) is 0 Å². The number of anilines is 1. The van der Waals surface area contributed by atoms with Gasteiger partial charge in [0, 0.05) is 22.8 Å². The van der Waals surface area contributed by atoms with Crippen molar-refractivity contribution in [2.24, 2.45) is 0 Å². The van der Waals surface area contributed by atoms with Gasteiger partial charge in [-0.1, -0.05) is 30.3 Å². The summed E-state index contributed by atoms with van der Waals surface area (Å²) in [5.41, 5.74) is 1.56. The van der Waals surface area contributed by atoms with Gasteiger partial charge in [0.1, 0.15) is 11.9 Å². The number of nitrogens with one attached hydrogen (secondary N) is 1. The SMILES string of the molecule is CCn1cnc(NC(=O)c2cc3c(cc(C(O)(c4ccccc4)c4ccc(C)s4)n3CC)nc2OC)n1. The number of nitrogens with zero attached hydrogens (tertiary/aromatic N) is 5. The van der Waals surface area contributed by atoms with E-state index in [1.807, 2.05) is 73.9 Å². The molecule has 0 fully saturated rings. The largest absolute Gasteiger partial charge is 0.480 e. The summed E-state index contributed by atoms with van der Waals surface area (Å²) in [7, 11) is 1.47. The molecule has 0 saturated carbocycles. The third-order valence-corrected chi connectivity index (χ3v) is 7.46. The number of ether oxygens (including phenoxy) is 1. The summed E-state index contributed by atoms with van der Waals surface area (Å²) in [5.74, 6) is -0.0558. The first-order chi connectivity index (χ1) is 17.9. The van der Waals surface area contributed by atoms with Gasteiger partial charge in [0.25, 0.3) is 5.91 Å². The maximum absolute atomic E-state index is 13.2. The molecule has 0 saturated heterocycles. The van der Waals surface area contributed by atoms with Crippen LogP contribution in [0, 0.1) is 6.92 Å². The van der Waals surface area contributed by atoms with E-state index < -0.39 is 11.5 Å². The first-order valence-corrected chi connectivity index (χ1v) is 12.8. The molecule has 4 heterocycles. The van der Waals surface area contributed by atoms with Gasteiger partial charge in [0.2, 0.25) is 11.8 Å². The Labute approximate surface area is 218 Å². The Hall–Kier alpha value is -4.02. The molecule has 0 aliphatic rings. The molecule has 10 heteroatoms. The van der Waals surface area contributed by atoms with E-state index >= 15 is 0 Å². The minimum atomic E-state index is -1.41. The van der Waals surface area contributed by atoms with Gasteiger partial charge in [-0.05, 0) is 50.6 Å². The van der Waals surface area contributed by atoms with E-state index in [4.69, 9.17) is 4.74 Å². The van der Waals surface area contributed by atoms with Gasteiger partial charge in [-0.25, -0.2) is 9.97 Å². The number of amides is 1. The summed E-state index contributed by atoms with van der Waals surface area (Å²) in [6, 6.07) is 17.2. The van der Waals surface area contributed by atoms with E-state index in [9.17, 15) is 9.90 Å². The van der Waals surface area contributed by atoms with Crippen molar-refractivity contribution in [2.45, 2.75) is 39.5 Å². The zero-order chi connectivity index (χ0) is 26.2. The molecule has 0 aliphatic heterocycles. The minimum Gasteiger partial charge on any atom is -0.480 e. The van der Waals surface area contributed by atoms with Crippen molar-refractivity contribution in [2.75, 3.05) is 12.4 Å². The van der Waals surface area contributed by atoms with Gasteiger partial charge in [0.15, 0.2) is 5.60 Å². The van der Waals surface area contributed by atoms with Crippen molar-refractivity contribution in [3.05, 3.63) is 87.5 Å². The van der Waals surface area contributed by atoms with Crippen LogP contribution in [0.5, 0.6) is 5.88 Å². The molecule has 9 nitrogen and oxygen atoms in total. The van der Waals surface area contributed by atoms with Crippen LogP contribution < -0.4 is 10.1 Å². The van der Waals surface area contributed by atoms with Crippen molar-refractivity contribution in [3.8, 4) is 5.88 Å². The predicted molar refractivity (Wildman–Crippen MR) is 143 cm³/mol. The standard InChI is InChI=1S/C27H28N6O3S/c1-5-32-16-28-26(31-32)30-24(34)19-14-21-20(29-25(19)36-4)15-22(33(21)6-2)27(35,18-10-8-7-9-11-18)23-13-12-17(3)37-23/h7-16,35H,5-6H2,1-4H3,(H,30,31,34). The molecule has 190 valence electrons. The molecule has 4 aromatic heterocycles. The molecular weight excluding hydrogens is 488 g/mol. The molecule has 1 amide bonds. The van der Waals surface area contributed by atoms with E-state index in [1.165, 1.54) is 7.11 Å². The number of hydrogen-bond donors (Lipinski definition) is 2. The number of hydrogen-bond acceptors (Lipinski definition) is 7. The molecule has 5 rings (SSSR count). The molecule has 0 radical (unpaired) electrons. The summed E-state index contributed by atoms with van der Waals surface area (Å²) < 4.78 is 9.11. The van der Waals surface area contributed by atoms with E-state index in [2.05, 4.69) is 20.4 Å². The van der Waals surface area contributed by atoms with Gasteiger partial charge in [-0.3, -0.25) is 14.8 Å². The number of fused-ring (bicyclic) bond motifs is 1. The number of aromatic nitrogens is 5. The summed E-state index contributed by atoms with van der Waals surface area (Å²) in [6.07, 6.45) is 1.56. The van der Waals surface area contributed by atoms with Crippen LogP contribution in [-0.4, -0.2) is 42.4 Å². The number of carbonyl (C=O) groups is 1. The molecule has 5 aromatic rings. The highest BCUT2D eigenvalue weighted by molar-refractivity contribution is 7.12. The Morgan fingerprint density at radius 2 is 1.92 bits per heavy atom. The van der Waals surface area contributed by atoms with Crippen molar-refractivity contribution >= 4 is 34.2 Å². The molecule has 2 N–H and O–H groups in total. The number of benzene rings is 1. The summed E-state index contributed by atoms with van der Waals surface area (Å²) in [4.78, 5) is 23.9. The number of methoxy groups -OCH3 is 1. The third kappa shape index (κ3) is 4.28. The van der Waals surface area contributed by atoms with E-state index in [0.717, 1.165) is 15.3 Å². The van der Waals surface area contributed by atoms with Gasteiger partial charge in [0.05, 0.1) is 23.8 Å². The summed E-state index contributed by atoms with van der Waals surface area (Å²) in [5, 5.41) is 19.4. The Morgan fingerprint density at radius 3 is 2.54 bits per heavy atom. The second kappa shape index (κ2) is 9.79. The lowest BCUT2D eigenvalue weighted by Crippen LogP contribution is -2.30. The highest BCUT2D eigenvalue weighted by atomic mass is 32.1. The van der Waals surface area contributed by atoms with Gasteiger partial charge in [-0.2, -0.15) is 0 Å². The Morgan fingerprint density at radius 1 is 1.14 bits per heavy atom. The van der Waals surface area contributed by atoms with E-state index in [0.29, 0.717) is 29.8 Å². The molecule has 37 heavy (non-hydrogen) atoms. The number of carbonyl (C=O) groups excluding carboxylic acids is 1. The fourth-order valence-corrected chi connectivity index (χ4v) is 5.50. The number of aliphatic hydroxyl groups is 1. The fourth-order valence-electron chi connectivity index (χ4n) is 4.52. The predicted octanol–water partition coefficient (Wildman–Crippen LogP) is 4.58. The van der Waals surface area contributed by atoms with E-state index in [1.54, 1.807) is 28.4 Å². The first-order valence-electron chi connectivity index (χ1n) is 12.0. The van der Waals surface area contributed by atoms with Crippen molar-refractivity contribution < 1.29 is 14.6 Å². The molecule has 0 spiro atoms. The van der Waals surface area contributed by atoms with Crippen LogP contribution in [-0.2, 0) is 18.7 Å². The van der Waals surface area contributed by atoms with Gasteiger partial charge in [-0.15, -0.1) is 16.4 Å².